The van der Waals surface area contributed by atoms with Crippen molar-refractivity contribution >= 4 is 22.5 Å². The summed E-state index contributed by atoms with van der Waals surface area (Å²) in [5, 5.41) is 13.1. The van der Waals surface area contributed by atoms with E-state index in [4.69, 9.17) is 9.72 Å². The molecule has 1 saturated heterocycles. The molecule has 152 valence electrons. The Labute approximate surface area is 174 Å². The molecule has 6 nitrogen and oxygen atoms in total. The van der Waals surface area contributed by atoms with Crippen LogP contribution in [0, 0.1) is 17.1 Å². The number of halogens is 1. The van der Waals surface area contributed by atoms with Crippen molar-refractivity contribution in [2.75, 3.05) is 23.4 Å². The highest BCUT2D eigenvalue weighted by atomic mass is 19.1. The Balaban J connectivity index is 1.71. The molecule has 0 amide bonds. The zero-order valence-electron chi connectivity index (χ0n) is 16.7. The first-order valence-corrected chi connectivity index (χ1v) is 10.3. The number of aromatic nitrogens is 2. The van der Waals surface area contributed by atoms with Crippen molar-refractivity contribution in [1.29, 1.82) is 5.26 Å². The topological polar surface area (TPSA) is 74.1 Å². The quantitative estimate of drug-likeness (QED) is 0.593. The number of pyridine rings is 2. The summed E-state index contributed by atoms with van der Waals surface area (Å²) < 4.78 is 20.2. The van der Waals surface area contributed by atoms with Crippen LogP contribution in [0.4, 0.5) is 15.9 Å². The largest absolute Gasteiger partial charge is 0.493 e. The van der Waals surface area contributed by atoms with Crippen LogP contribution in [0.2, 0.25) is 0 Å². The molecule has 2 bridgehead atoms. The molecule has 3 aromatic rings. The first-order valence-electron chi connectivity index (χ1n) is 10.3. The number of rotatable bonds is 0. The number of nitrogens with one attached hydrogen (secondary N) is 1. The Morgan fingerprint density at radius 1 is 1.27 bits per heavy atom. The van der Waals surface area contributed by atoms with Gasteiger partial charge in [-0.3, -0.25) is 4.98 Å². The number of benzene rings is 1. The molecule has 7 heteroatoms. The minimum absolute atomic E-state index is 0.0117. The van der Waals surface area contributed by atoms with Gasteiger partial charge in [-0.15, -0.1) is 0 Å². The van der Waals surface area contributed by atoms with Crippen molar-refractivity contribution < 1.29 is 9.13 Å². The Kier molecular flexibility index (Phi) is 4.62. The molecule has 0 spiro atoms. The summed E-state index contributed by atoms with van der Waals surface area (Å²) in [7, 11) is 0. The van der Waals surface area contributed by atoms with E-state index >= 15 is 0 Å². The zero-order valence-corrected chi connectivity index (χ0v) is 16.7. The van der Waals surface area contributed by atoms with Crippen molar-refractivity contribution in [2.45, 2.75) is 38.3 Å². The van der Waals surface area contributed by atoms with E-state index in [9.17, 15) is 9.65 Å². The lowest BCUT2D eigenvalue weighted by atomic mass is 10.0. The maximum atomic E-state index is 14.1. The van der Waals surface area contributed by atoms with Crippen LogP contribution in [0.3, 0.4) is 0 Å². The van der Waals surface area contributed by atoms with E-state index in [1.807, 2.05) is 19.1 Å². The van der Waals surface area contributed by atoms with Gasteiger partial charge in [0.05, 0.1) is 29.4 Å². The average molecular weight is 403 g/mol. The molecule has 2 aliphatic heterocycles. The average Bonchev–Trinajstić information content (AvgIpc) is 3.24. The zero-order chi connectivity index (χ0) is 20.7. The van der Waals surface area contributed by atoms with Gasteiger partial charge in [-0.2, -0.15) is 5.26 Å². The lowest BCUT2D eigenvalue weighted by Crippen LogP contribution is -2.24. The standard InChI is InChI=1S/C23H22FN5O/c1-14-8-10-30-20-6-4-16(24)11-17(20)19-3-2-9-29(19)21-7-5-18-23(28-21)22(27-14)15(12-25)13-26-18/h4-7,11,13-14,19,27H,2-3,8-10H2,1H3/t14-,19-/m0/s1. The van der Waals surface area contributed by atoms with Gasteiger partial charge in [-0.25, -0.2) is 9.37 Å². The van der Waals surface area contributed by atoms with Crippen LogP contribution in [0.25, 0.3) is 11.0 Å². The molecule has 2 aromatic heterocycles. The van der Waals surface area contributed by atoms with E-state index in [-0.39, 0.29) is 17.9 Å². The van der Waals surface area contributed by atoms with Gasteiger partial charge in [0.2, 0.25) is 0 Å². The normalized spacial score (nSPS) is 20.8. The second-order valence-corrected chi connectivity index (χ2v) is 7.91. The molecular formula is C23H22FN5O. The van der Waals surface area contributed by atoms with E-state index in [1.165, 1.54) is 6.07 Å². The maximum absolute atomic E-state index is 14.1. The molecular weight excluding hydrogens is 381 g/mol. The first-order chi connectivity index (χ1) is 14.6. The van der Waals surface area contributed by atoms with Crippen LogP contribution in [0.1, 0.15) is 43.4 Å². The molecule has 0 radical (unpaired) electrons. The Bertz CT molecular complexity index is 1160. The molecule has 1 fully saturated rings. The third kappa shape index (κ3) is 3.18. The predicted octanol–water partition coefficient (Wildman–Crippen LogP) is 4.56. The highest BCUT2D eigenvalue weighted by molar-refractivity contribution is 5.91. The van der Waals surface area contributed by atoms with Gasteiger partial charge in [0.1, 0.15) is 29.0 Å². The van der Waals surface area contributed by atoms with E-state index < -0.39 is 0 Å². The molecule has 5 rings (SSSR count). The molecule has 4 heterocycles. The Morgan fingerprint density at radius 3 is 3.03 bits per heavy atom. The van der Waals surface area contributed by atoms with Crippen LogP contribution in [0.15, 0.2) is 36.5 Å². The first kappa shape index (κ1) is 18.6. The lowest BCUT2D eigenvalue weighted by Gasteiger charge is -2.27. The molecule has 1 N–H and O–H groups in total. The smallest absolute Gasteiger partial charge is 0.129 e. The second kappa shape index (κ2) is 7.45. The fourth-order valence-electron chi connectivity index (χ4n) is 4.39. The number of nitrogens with zero attached hydrogens (tertiary/aromatic N) is 4. The van der Waals surface area contributed by atoms with Crippen LogP contribution < -0.4 is 15.0 Å². The van der Waals surface area contributed by atoms with E-state index in [0.717, 1.165) is 48.5 Å². The Hall–Kier alpha value is -3.40. The fourth-order valence-corrected chi connectivity index (χ4v) is 4.39. The number of fused-ring (bicyclic) bond motifs is 5. The van der Waals surface area contributed by atoms with Crippen LogP contribution >= 0.6 is 0 Å². The number of hydrogen-bond donors (Lipinski definition) is 1. The molecule has 2 atom stereocenters. The summed E-state index contributed by atoms with van der Waals surface area (Å²) in [5.74, 6) is 1.25. The van der Waals surface area contributed by atoms with Crippen LogP contribution in [-0.4, -0.2) is 29.2 Å². The molecule has 0 aliphatic carbocycles. The van der Waals surface area contributed by atoms with Crippen molar-refractivity contribution in [3.05, 3.63) is 53.5 Å². The van der Waals surface area contributed by atoms with Gasteiger partial charge in [0, 0.05) is 30.8 Å². The van der Waals surface area contributed by atoms with E-state index in [0.29, 0.717) is 23.4 Å². The minimum atomic E-state index is -0.264. The molecule has 30 heavy (non-hydrogen) atoms. The number of hydrogen-bond acceptors (Lipinski definition) is 6. The van der Waals surface area contributed by atoms with Crippen molar-refractivity contribution in [2.24, 2.45) is 0 Å². The molecule has 0 saturated carbocycles. The predicted molar refractivity (Wildman–Crippen MR) is 113 cm³/mol. The summed E-state index contributed by atoms with van der Waals surface area (Å²) in [6, 6.07) is 10.9. The fraction of sp³-hybridized carbons (Fsp3) is 0.348. The van der Waals surface area contributed by atoms with Crippen molar-refractivity contribution in [1.82, 2.24) is 9.97 Å². The van der Waals surface area contributed by atoms with Crippen LogP contribution in [-0.2, 0) is 0 Å². The van der Waals surface area contributed by atoms with Gasteiger partial charge in [-0.05, 0) is 50.1 Å². The van der Waals surface area contributed by atoms with Gasteiger partial charge in [-0.1, -0.05) is 0 Å². The van der Waals surface area contributed by atoms with Gasteiger partial charge in [0.25, 0.3) is 0 Å². The maximum Gasteiger partial charge on any atom is 0.129 e. The molecule has 1 aromatic carbocycles. The third-order valence-corrected chi connectivity index (χ3v) is 5.90. The van der Waals surface area contributed by atoms with Crippen LogP contribution in [0.5, 0.6) is 5.75 Å². The molecule has 2 aliphatic rings. The van der Waals surface area contributed by atoms with Gasteiger partial charge >= 0.3 is 0 Å². The number of ether oxygens (including phenoxy) is 1. The summed E-state index contributed by atoms with van der Waals surface area (Å²) >= 11 is 0. The van der Waals surface area contributed by atoms with Crippen molar-refractivity contribution in [3.63, 3.8) is 0 Å². The van der Waals surface area contributed by atoms with Crippen molar-refractivity contribution in [3.8, 4) is 11.8 Å². The summed E-state index contributed by atoms with van der Waals surface area (Å²) in [6.45, 7) is 3.36. The van der Waals surface area contributed by atoms with Gasteiger partial charge in [0.15, 0.2) is 0 Å². The summed E-state index contributed by atoms with van der Waals surface area (Å²) in [4.78, 5) is 11.5. The second-order valence-electron chi connectivity index (χ2n) is 7.91. The lowest BCUT2D eigenvalue weighted by molar-refractivity contribution is 0.299. The third-order valence-electron chi connectivity index (χ3n) is 5.90. The summed E-state index contributed by atoms with van der Waals surface area (Å²) in [5.41, 5.74) is 3.45. The SMILES string of the molecule is C[C@H]1CCOc2ccc(F)cc2[C@@H]2CCCN2c2ccc3ncc(C#N)c(c3n2)N1. The highest BCUT2D eigenvalue weighted by Crippen LogP contribution is 2.40. The number of anilines is 2. The highest BCUT2D eigenvalue weighted by Gasteiger charge is 2.30. The Morgan fingerprint density at radius 2 is 2.17 bits per heavy atom. The van der Waals surface area contributed by atoms with Gasteiger partial charge < -0.3 is 15.0 Å². The molecule has 0 unspecified atom stereocenters. The number of nitriles is 1. The minimum Gasteiger partial charge on any atom is -0.493 e. The van der Waals surface area contributed by atoms with E-state index in [1.54, 1.807) is 18.3 Å². The monoisotopic (exact) mass is 403 g/mol. The van der Waals surface area contributed by atoms with E-state index in [2.05, 4.69) is 21.3 Å². The summed E-state index contributed by atoms with van der Waals surface area (Å²) in [6.07, 6.45) is 4.20.